The maximum absolute atomic E-state index is 11.1. The van der Waals surface area contributed by atoms with E-state index >= 15 is 0 Å². The zero-order chi connectivity index (χ0) is 14.1. The lowest BCUT2D eigenvalue weighted by molar-refractivity contribution is -0.384. The second-order valence-electron chi connectivity index (χ2n) is 5.08. The van der Waals surface area contributed by atoms with Gasteiger partial charge in [0.2, 0.25) is 0 Å². The molecular weight excluding hydrogens is 326 g/mol. The van der Waals surface area contributed by atoms with Crippen LogP contribution in [-0.4, -0.2) is 60.1 Å². The summed E-state index contributed by atoms with van der Waals surface area (Å²) in [5, 5.41) is 14.4. The van der Waals surface area contributed by atoms with Crippen LogP contribution in [0.1, 0.15) is 0 Å². The molecule has 0 radical (unpaired) electrons. The minimum atomic E-state index is -0.366. The van der Waals surface area contributed by atoms with E-state index in [1.165, 1.54) is 6.20 Å². The van der Waals surface area contributed by atoms with E-state index in [4.69, 9.17) is 0 Å². The first-order valence-corrected chi connectivity index (χ1v) is 7.43. The van der Waals surface area contributed by atoms with Crippen LogP contribution < -0.4 is 10.2 Å². The van der Waals surface area contributed by atoms with Crippen LogP contribution in [0.3, 0.4) is 0 Å². The lowest BCUT2D eigenvalue weighted by atomic mass is 10.1. The minimum absolute atomic E-state index is 0.0677. The number of hydrogen-bond donors (Lipinski definition) is 1. The van der Waals surface area contributed by atoms with Gasteiger partial charge in [0.15, 0.2) is 0 Å². The Morgan fingerprint density at radius 2 is 2.00 bits per heavy atom. The third-order valence-corrected chi connectivity index (χ3v) is 4.54. The molecule has 0 amide bonds. The summed E-state index contributed by atoms with van der Waals surface area (Å²) >= 11 is 3.39. The third-order valence-electron chi connectivity index (χ3n) is 3.96. The van der Waals surface area contributed by atoms with Gasteiger partial charge in [-0.3, -0.25) is 20.0 Å². The monoisotopic (exact) mass is 341 g/mol. The fourth-order valence-corrected chi connectivity index (χ4v) is 3.28. The van der Waals surface area contributed by atoms with Gasteiger partial charge < -0.3 is 10.2 Å². The molecule has 0 atom stereocenters. The van der Waals surface area contributed by atoms with Gasteiger partial charge in [-0.2, -0.15) is 0 Å². The normalized spacial score (nSPS) is 20.8. The lowest BCUT2D eigenvalue weighted by Crippen LogP contribution is -2.61. The van der Waals surface area contributed by atoms with Crippen LogP contribution >= 0.6 is 15.9 Å². The van der Waals surface area contributed by atoms with Gasteiger partial charge >= 0.3 is 5.69 Å². The molecular formula is C12H16BrN5O2. The van der Waals surface area contributed by atoms with E-state index in [0.29, 0.717) is 16.2 Å². The first-order valence-electron chi connectivity index (χ1n) is 6.64. The van der Waals surface area contributed by atoms with Crippen LogP contribution in [0.2, 0.25) is 0 Å². The van der Waals surface area contributed by atoms with Gasteiger partial charge in [0.25, 0.3) is 0 Å². The molecule has 0 spiro atoms. The maximum Gasteiger partial charge on any atom is 0.311 e. The van der Waals surface area contributed by atoms with Crippen molar-refractivity contribution in [2.75, 3.05) is 44.2 Å². The van der Waals surface area contributed by atoms with E-state index in [9.17, 15) is 10.1 Å². The number of nitro groups is 1. The van der Waals surface area contributed by atoms with Crippen molar-refractivity contribution in [2.24, 2.45) is 0 Å². The second kappa shape index (κ2) is 5.63. The molecule has 8 heteroatoms. The van der Waals surface area contributed by atoms with Gasteiger partial charge in [-0.05, 0) is 15.9 Å². The first-order chi connectivity index (χ1) is 9.66. The third kappa shape index (κ3) is 2.50. The van der Waals surface area contributed by atoms with Crippen molar-refractivity contribution >= 4 is 27.3 Å². The number of aromatic nitrogens is 1. The van der Waals surface area contributed by atoms with Crippen molar-refractivity contribution < 1.29 is 4.92 Å². The van der Waals surface area contributed by atoms with Crippen LogP contribution in [-0.2, 0) is 0 Å². The maximum atomic E-state index is 11.1. The zero-order valence-corrected chi connectivity index (χ0v) is 12.5. The number of nitrogens with one attached hydrogen (secondary N) is 1. The van der Waals surface area contributed by atoms with Crippen LogP contribution in [0.15, 0.2) is 16.9 Å². The summed E-state index contributed by atoms with van der Waals surface area (Å²) < 4.78 is 0.686. The number of rotatable bonds is 3. The molecule has 1 N–H and O–H groups in total. The smallest absolute Gasteiger partial charge is 0.311 e. The van der Waals surface area contributed by atoms with E-state index in [0.717, 1.165) is 39.3 Å². The van der Waals surface area contributed by atoms with Gasteiger partial charge in [0, 0.05) is 51.5 Å². The Balaban J connectivity index is 1.75. The topological polar surface area (TPSA) is 74.5 Å². The summed E-state index contributed by atoms with van der Waals surface area (Å²) in [4.78, 5) is 19.2. The Kier molecular flexibility index (Phi) is 3.86. The van der Waals surface area contributed by atoms with E-state index < -0.39 is 0 Å². The van der Waals surface area contributed by atoms with Crippen LogP contribution in [0, 0.1) is 10.1 Å². The predicted molar refractivity (Wildman–Crippen MR) is 79.0 cm³/mol. The highest BCUT2D eigenvalue weighted by molar-refractivity contribution is 9.10. The van der Waals surface area contributed by atoms with Crippen molar-refractivity contribution in [3.05, 3.63) is 27.0 Å². The lowest BCUT2D eigenvalue weighted by Gasteiger charge is -2.43. The molecule has 3 rings (SSSR count). The summed E-state index contributed by atoms with van der Waals surface area (Å²) in [6.07, 6.45) is 2.94. The molecule has 0 aliphatic carbocycles. The van der Waals surface area contributed by atoms with Gasteiger partial charge in [0.05, 0.1) is 9.40 Å². The van der Waals surface area contributed by atoms with Crippen molar-refractivity contribution in [1.82, 2.24) is 15.2 Å². The standard InChI is InChI=1S/C12H16BrN5O2/c13-10-7-15-8-11(18(19)20)12(10)17-3-1-16(2-4-17)9-5-14-6-9/h7-9,14H,1-6H2. The molecule has 3 heterocycles. The molecule has 0 bridgehead atoms. The molecule has 2 fully saturated rings. The van der Waals surface area contributed by atoms with Crippen molar-refractivity contribution in [3.8, 4) is 0 Å². The summed E-state index contributed by atoms with van der Waals surface area (Å²) in [6.45, 7) is 5.61. The van der Waals surface area contributed by atoms with Gasteiger partial charge in [-0.25, -0.2) is 0 Å². The van der Waals surface area contributed by atoms with Crippen LogP contribution in [0.25, 0.3) is 0 Å². The highest BCUT2D eigenvalue weighted by atomic mass is 79.9. The average molecular weight is 342 g/mol. The van der Waals surface area contributed by atoms with E-state index in [-0.39, 0.29) is 10.6 Å². The molecule has 2 aliphatic rings. The number of pyridine rings is 1. The molecule has 7 nitrogen and oxygen atoms in total. The minimum Gasteiger partial charge on any atom is -0.362 e. The molecule has 20 heavy (non-hydrogen) atoms. The predicted octanol–water partition coefficient (Wildman–Crippen LogP) is 0.846. The first kappa shape index (κ1) is 13.7. The number of anilines is 1. The number of nitrogens with zero attached hydrogens (tertiary/aromatic N) is 4. The molecule has 108 valence electrons. The largest absolute Gasteiger partial charge is 0.362 e. The number of hydrogen-bond acceptors (Lipinski definition) is 6. The molecule has 1 aromatic rings. The van der Waals surface area contributed by atoms with Crippen LogP contribution in [0.4, 0.5) is 11.4 Å². The second-order valence-corrected chi connectivity index (χ2v) is 5.94. The van der Waals surface area contributed by atoms with Crippen molar-refractivity contribution in [3.63, 3.8) is 0 Å². The van der Waals surface area contributed by atoms with Crippen molar-refractivity contribution in [2.45, 2.75) is 6.04 Å². The summed E-state index contributed by atoms with van der Waals surface area (Å²) in [6, 6.07) is 0.632. The Bertz CT molecular complexity index is 515. The van der Waals surface area contributed by atoms with Crippen molar-refractivity contribution in [1.29, 1.82) is 0 Å². The van der Waals surface area contributed by atoms with Gasteiger partial charge in [0.1, 0.15) is 11.9 Å². The molecule has 2 aliphatic heterocycles. The van der Waals surface area contributed by atoms with E-state index in [1.54, 1.807) is 6.20 Å². The molecule has 0 saturated carbocycles. The Morgan fingerprint density at radius 1 is 1.30 bits per heavy atom. The zero-order valence-electron chi connectivity index (χ0n) is 11.0. The van der Waals surface area contributed by atoms with Gasteiger partial charge in [-0.15, -0.1) is 0 Å². The quantitative estimate of drug-likeness (QED) is 0.648. The Morgan fingerprint density at radius 3 is 2.55 bits per heavy atom. The Labute approximate surface area is 125 Å². The fraction of sp³-hybridized carbons (Fsp3) is 0.583. The van der Waals surface area contributed by atoms with Gasteiger partial charge in [-0.1, -0.05) is 0 Å². The van der Waals surface area contributed by atoms with E-state index in [2.05, 4.69) is 36.0 Å². The molecule has 2 saturated heterocycles. The fourth-order valence-electron chi connectivity index (χ4n) is 2.71. The number of piperazine rings is 1. The number of halogens is 1. The Hall–Kier alpha value is -1.25. The van der Waals surface area contributed by atoms with Crippen LogP contribution in [0.5, 0.6) is 0 Å². The SMILES string of the molecule is O=[N+]([O-])c1cncc(Br)c1N1CCN(C2CNC2)CC1. The summed E-state index contributed by atoms with van der Waals surface area (Å²) in [7, 11) is 0. The summed E-state index contributed by atoms with van der Waals surface area (Å²) in [5.74, 6) is 0. The molecule has 0 unspecified atom stereocenters. The molecule has 0 aromatic carbocycles. The summed E-state index contributed by atoms with van der Waals surface area (Å²) in [5.41, 5.74) is 0.717. The molecule has 1 aromatic heterocycles. The van der Waals surface area contributed by atoms with E-state index in [1.807, 2.05) is 0 Å². The average Bonchev–Trinajstić information content (AvgIpc) is 2.37. The highest BCUT2D eigenvalue weighted by Crippen LogP contribution is 2.35. The highest BCUT2D eigenvalue weighted by Gasteiger charge is 2.30.